The van der Waals surface area contributed by atoms with Gasteiger partial charge in [0.05, 0.1) is 11.3 Å². The molecule has 8 rings (SSSR count). The SMILES string of the molecule is C.O=C(O)c1ccn2c3c(nc2c1)[C@@H]1[C@H](C3)N(CC2CC2)[C@@]2(C(=O)Nc3cc(Cl)ccc32)[C@H]1c1ccnc(Cl)c1F. The van der Waals surface area contributed by atoms with Crippen molar-refractivity contribution in [2.75, 3.05) is 11.9 Å². The number of nitrogens with zero attached hydrogens (tertiary/aromatic N) is 4. The van der Waals surface area contributed by atoms with E-state index in [4.69, 9.17) is 28.2 Å². The number of carboxylic acids is 1. The number of aromatic nitrogens is 3. The molecule has 0 unspecified atom stereocenters. The Balaban J connectivity index is 0.00000276. The molecule has 1 aromatic carbocycles. The van der Waals surface area contributed by atoms with E-state index in [0.29, 0.717) is 40.8 Å². The zero-order valence-corrected chi connectivity index (χ0v) is 22.5. The first kappa shape index (κ1) is 26.4. The summed E-state index contributed by atoms with van der Waals surface area (Å²) in [6.07, 6.45) is 5.93. The van der Waals surface area contributed by atoms with Gasteiger partial charge in [0, 0.05) is 65.2 Å². The van der Waals surface area contributed by atoms with Crippen LogP contribution in [-0.4, -0.2) is 48.8 Å². The van der Waals surface area contributed by atoms with E-state index in [9.17, 15) is 14.7 Å². The van der Waals surface area contributed by atoms with Gasteiger partial charge in [-0.1, -0.05) is 36.7 Å². The van der Waals surface area contributed by atoms with Gasteiger partial charge in [0.25, 0.3) is 0 Å². The molecular formula is C30H26Cl2FN5O3. The average molecular weight is 594 g/mol. The van der Waals surface area contributed by atoms with Crippen LogP contribution < -0.4 is 5.32 Å². The molecule has 2 N–H and O–H groups in total. The maximum atomic E-state index is 16.0. The number of hydrogen-bond donors (Lipinski definition) is 2. The Bertz CT molecular complexity index is 1790. The molecule has 4 aromatic rings. The number of hydrogen-bond acceptors (Lipinski definition) is 5. The average Bonchev–Trinajstić information content (AvgIpc) is 3.37. The number of carbonyl (C=O) groups excluding carboxylic acids is 1. The van der Waals surface area contributed by atoms with Crippen LogP contribution in [0.3, 0.4) is 0 Å². The van der Waals surface area contributed by atoms with Gasteiger partial charge in [0.1, 0.15) is 11.2 Å². The van der Waals surface area contributed by atoms with Crippen LogP contribution in [0.4, 0.5) is 10.1 Å². The molecule has 11 heteroatoms. The van der Waals surface area contributed by atoms with Gasteiger partial charge in [0.15, 0.2) is 11.0 Å². The van der Waals surface area contributed by atoms with E-state index in [-0.39, 0.29) is 36.0 Å². The summed E-state index contributed by atoms with van der Waals surface area (Å²) in [5.41, 5.74) is 2.79. The number of benzene rings is 1. The summed E-state index contributed by atoms with van der Waals surface area (Å²) < 4.78 is 17.9. The first-order valence-electron chi connectivity index (χ1n) is 13.2. The number of halogens is 3. The molecule has 5 heterocycles. The number of nitrogens with one attached hydrogen (secondary N) is 1. The van der Waals surface area contributed by atoms with Crippen LogP contribution in [0.15, 0.2) is 48.8 Å². The van der Waals surface area contributed by atoms with Crippen LogP contribution in [0.2, 0.25) is 10.2 Å². The Labute approximate surface area is 245 Å². The number of carbonyl (C=O) groups is 2. The van der Waals surface area contributed by atoms with Gasteiger partial charge in [-0.25, -0.2) is 19.2 Å². The normalized spacial score (nSPS) is 26.1. The fraction of sp³-hybridized carbons (Fsp3) is 0.333. The van der Waals surface area contributed by atoms with Crippen molar-refractivity contribution in [3.63, 3.8) is 0 Å². The van der Waals surface area contributed by atoms with Gasteiger partial charge >= 0.3 is 5.97 Å². The quantitative estimate of drug-likeness (QED) is 0.287. The van der Waals surface area contributed by atoms with Crippen LogP contribution in [0.1, 0.15) is 65.0 Å². The minimum absolute atomic E-state index is 0. The second-order valence-electron chi connectivity index (χ2n) is 11.2. The molecule has 0 bridgehead atoms. The number of aromatic carboxylic acids is 1. The van der Waals surface area contributed by atoms with E-state index in [1.54, 1.807) is 36.5 Å². The minimum Gasteiger partial charge on any atom is -0.478 e. The van der Waals surface area contributed by atoms with Crippen LogP contribution in [-0.2, 0) is 16.8 Å². The highest BCUT2D eigenvalue weighted by atomic mass is 35.5. The summed E-state index contributed by atoms with van der Waals surface area (Å²) in [5, 5.41) is 12.8. The number of rotatable bonds is 4. The van der Waals surface area contributed by atoms with E-state index in [0.717, 1.165) is 29.8 Å². The van der Waals surface area contributed by atoms with Crippen molar-refractivity contribution in [3.8, 4) is 0 Å². The largest absolute Gasteiger partial charge is 0.478 e. The third kappa shape index (κ3) is 3.49. The third-order valence-electron chi connectivity index (χ3n) is 9.15. The number of pyridine rings is 2. The molecule has 210 valence electrons. The number of amides is 1. The van der Waals surface area contributed by atoms with Gasteiger partial charge < -0.3 is 14.8 Å². The first-order chi connectivity index (χ1) is 19.3. The lowest BCUT2D eigenvalue weighted by Crippen LogP contribution is -2.53. The fourth-order valence-corrected chi connectivity index (χ4v) is 7.78. The van der Waals surface area contributed by atoms with Crippen molar-refractivity contribution in [2.45, 2.75) is 50.1 Å². The Morgan fingerprint density at radius 3 is 2.76 bits per heavy atom. The van der Waals surface area contributed by atoms with E-state index in [1.807, 2.05) is 10.5 Å². The molecule has 1 spiro atoms. The Hall–Kier alpha value is -3.53. The summed E-state index contributed by atoms with van der Waals surface area (Å²) in [5.74, 6) is -2.51. The van der Waals surface area contributed by atoms with Gasteiger partial charge in [-0.15, -0.1) is 0 Å². The van der Waals surface area contributed by atoms with Crippen LogP contribution in [0, 0.1) is 11.7 Å². The summed E-state index contributed by atoms with van der Waals surface area (Å²) in [4.78, 5) is 37.2. The number of carboxylic acid groups (broad SMARTS) is 1. The zero-order chi connectivity index (χ0) is 27.5. The second-order valence-corrected chi connectivity index (χ2v) is 12.0. The Kier molecular flexibility index (Phi) is 5.78. The third-order valence-corrected chi connectivity index (χ3v) is 9.65. The molecule has 4 aliphatic rings. The molecule has 2 fully saturated rings. The Morgan fingerprint density at radius 1 is 1.20 bits per heavy atom. The molecule has 2 aliphatic heterocycles. The van der Waals surface area contributed by atoms with Gasteiger partial charge in [-0.2, -0.15) is 0 Å². The topological polar surface area (TPSA) is 99.8 Å². The summed E-state index contributed by atoms with van der Waals surface area (Å²) in [6.45, 7) is 0.684. The summed E-state index contributed by atoms with van der Waals surface area (Å²) in [6, 6.07) is 9.95. The van der Waals surface area contributed by atoms with Gasteiger partial charge in [-0.3, -0.25) is 9.69 Å². The molecule has 1 amide bonds. The van der Waals surface area contributed by atoms with Crippen LogP contribution >= 0.6 is 23.2 Å². The van der Waals surface area contributed by atoms with Crippen LogP contribution in [0.5, 0.6) is 0 Å². The highest BCUT2D eigenvalue weighted by molar-refractivity contribution is 6.31. The second kappa shape index (κ2) is 8.98. The monoisotopic (exact) mass is 593 g/mol. The van der Waals surface area contributed by atoms with Crippen molar-refractivity contribution in [1.82, 2.24) is 19.3 Å². The molecule has 0 radical (unpaired) electrons. The molecule has 1 saturated heterocycles. The van der Waals surface area contributed by atoms with Gasteiger partial charge in [0.2, 0.25) is 5.91 Å². The van der Waals surface area contributed by atoms with E-state index in [2.05, 4.69) is 15.2 Å². The number of imidazole rings is 1. The van der Waals surface area contributed by atoms with Crippen molar-refractivity contribution >= 4 is 46.4 Å². The van der Waals surface area contributed by atoms with Gasteiger partial charge in [-0.05, 0) is 54.7 Å². The number of likely N-dealkylation sites (tertiary alicyclic amines) is 1. The van der Waals surface area contributed by atoms with E-state index < -0.39 is 23.2 Å². The van der Waals surface area contributed by atoms with Crippen LogP contribution in [0.25, 0.3) is 5.65 Å². The minimum atomic E-state index is -1.22. The lowest BCUT2D eigenvalue weighted by molar-refractivity contribution is -0.128. The van der Waals surface area contributed by atoms with Crippen molar-refractivity contribution in [1.29, 1.82) is 0 Å². The molecule has 3 aromatic heterocycles. The van der Waals surface area contributed by atoms with Crippen molar-refractivity contribution in [2.24, 2.45) is 5.92 Å². The molecule has 2 aliphatic carbocycles. The standard InChI is InChI=1S/C29H22Cl2FN5O3.CH4/c30-15-3-4-17-18(10-15)34-28(40)29(17)23(16-5-7-33-26(31)24(16)32)22-19(37(29)12-13-1-2-13)11-20-25(22)35-21-9-14(27(38)39)6-8-36(20)21;/h3-10,13,19,22-23H,1-2,11-12H2,(H,34,40)(H,38,39);1H4/t19-,22+,23-,29+;/m0./s1. The zero-order valence-electron chi connectivity index (χ0n) is 20.9. The molecular weight excluding hydrogens is 568 g/mol. The first-order valence-corrected chi connectivity index (χ1v) is 14.0. The van der Waals surface area contributed by atoms with Crippen molar-refractivity contribution < 1.29 is 19.1 Å². The van der Waals surface area contributed by atoms with Crippen molar-refractivity contribution in [3.05, 3.63) is 92.9 Å². The van der Waals surface area contributed by atoms with E-state index in [1.165, 1.54) is 6.20 Å². The lowest BCUT2D eigenvalue weighted by atomic mass is 9.71. The summed E-state index contributed by atoms with van der Waals surface area (Å²) >= 11 is 12.6. The smallest absolute Gasteiger partial charge is 0.335 e. The molecule has 4 atom stereocenters. The highest BCUT2D eigenvalue weighted by Crippen LogP contribution is 2.65. The maximum absolute atomic E-state index is 16.0. The predicted octanol–water partition coefficient (Wildman–Crippen LogP) is 5.87. The number of anilines is 1. The summed E-state index contributed by atoms with van der Waals surface area (Å²) in [7, 11) is 0. The Morgan fingerprint density at radius 2 is 2.00 bits per heavy atom. The van der Waals surface area contributed by atoms with E-state index >= 15 is 4.39 Å². The maximum Gasteiger partial charge on any atom is 0.335 e. The number of fused-ring (bicyclic) bond motifs is 7. The fourth-order valence-electron chi connectivity index (χ4n) is 7.44. The predicted molar refractivity (Wildman–Crippen MR) is 152 cm³/mol. The lowest BCUT2D eigenvalue weighted by Gasteiger charge is -2.40. The highest BCUT2D eigenvalue weighted by Gasteiger charge is 2.69. The molecule has 41 heavy (non-hydrogen) atoms. The molecule has 1 saturated carbocycles. The molecule has 8 nitrogen and oxygen atoms in total.